The molecular formula is C24H35BN4O3. The van der Waals surface area contributed by atoms with Crippen LogP contribution < -0.4 is 5.32 Å². The Labute approximate surface area is 193 Å². The zero-order valence-electron chi connectivity index (χ0n) is 19.3. The van der Waals surface area contributed by atoms with E-state index in [1.807, 2.05) is 35.2 Å². The van der Waals surface area contributed by atoms with Crippen LogP contribution in [-0.2, 0) is 21.0 Å². The molecule has 8 heteroatoms. The molecule has 1 aliphatic carbocycles. The number of benzene rings is 1. The second-order valence-electron chi connectivity index (χ2n) is 8.98. The first-order chi connectivity index (χ1) is 15.5. The van der Waals surface area contributed by atoms with Crippen molar-refractivity contribution in [2.24, 2.45) is 11.1 Å². The van der Waals surface area contributed by atoms with E-state index in [1.165, 1.54) is 11.2 Å². The topological polar surface area (TPSA) is 74.2 Å². The molecule has 1 unspecified atom stereocenters. The molecule has 2 radical (unpaired) electrons. The van der Waals surface area contributed by atoms with Gasteiger partial charge >= 0.3 is 0 Å². The van der Waals surface area contributed by atoms with Crippen LogP contribution in [0.1, 0.15) is 57.4 Å². The smallest absolute Gasteiger partial charge is 0.245 e. The largest absolute Gasteiger partial charge is 0.391 e. The molecule has 172 valence electrons. The van der Waals surface area contributed by atoms with E-state index in [2.05, 4.69) is 10.5 Å². The van der Waals surface area contributed by atoms with E-state index in [4.69, 9.17) is 12.8 Å². The highest BCUT2D eigenvalue weighted by Gasteiger charge is 2.38. The fourth-order valence-electron chi connectivity index (χ4n) is 4.51. The minimum Gasteiger partial charge on any atom is -0.391 e. The maximum absolute atomic E-state index is 13.6. The standard InChI is InChI=1S/C24H35BN4O3/c1-18(28(2)25)23(30)27-22(20-12-7-4-8-13-20)24(31)29-15-9-14-21(29)16-26-32-17-19-10-5-3-6-11-19/h3,5-6,10-11,16,18,20-22H,4,7-9,12-15,17H2,1-2H3,(H,27,30)/t18-,21?,22-/m0/s1. The number of likely N-dealkylation sites (tertiary alicyclic amines) is 1. The number of carbonyl (C=O) groups is 2. The lowest BCUT2D eigenvalue weighted by Crippen LogP contribution is -2.56. The Morgan fingerprint density at radius 3 is 2.62 bits per heavy atom. The number of rotatable bonds is 9. The van der Waals surface area contributed by atoms with E-state index < -0.39 is 12.1 Å². The summed E-state index contributed by atoms with van der Waals surface area (Å²) in [5.41, 5.74) is 1.04. The van der Waals surface area contributed by atoms with Crippen LogP contribution in [0.3, 0.4) is 0 Å². The van der Waals surface area contributed by atoms with Crippen molar-refractivity contribution in [1.29, 1.82) is 0 Å². The molecule has 3 atom stereocenters. The molecule has 1 heterocycles. The number of hydrogen-bond acceptors (Lipinski definition) is 5. The minimum absolute atomic E-state index is 0.0193. The molecule has 1 aliphatic heterocycles. The summed E-state index contributed by atoms with van der Waals surface area (Å²) in [6, 6.07) is 8.71. The third kappa shape index (κ3) is 6.58. The summed E-state index contributed by atoms with van der Waals surface area (Å²) < 4.78 is 0. The van der Waals surface area contributed by atoms with Gasteiger partial charge in [0.25, 0.3) is 0 Å². The number of oxime groups is 1. The lowest BCUT2D eigenvalue weighted by molar-refractivity contribution is -0.139. The molecule has 1 N–H and O–H groups in total. The summed E-state index contributed by atoms with van der Waals surface area (Å²) in [7, 11) is 7.42. The maximum Gasteiger partial charge on any atom is 0.245 e. The molecule has 7 nitrogen and oxygen atoms in total. The minimum atomic E-state index is -0.524. The van der Waals surface area contributed by atoms with E-state index in [0.29, 0.717) is 13.2 Å². The molecule has 2 amide bonds. The van der Waals surface area contributed by atoms with Gasteiger partial charge in [0.1, 0.15) is 12.6 Å². The van der Waals surface area contributed by atoms with Gasteiger partial charge in [0.15, 0.2) is 7.98 Å². The molecule has 1 aromatic carbocycles. The first kappa shape index (κ1) is 24.3. The fraction of sp³-hybridized carbons (Fsp3) is 0.625. The van der Waals surface area contributed by atoms with Crippen LogP contribution in [0.2, 0.25) is 0 Å². The van der Waals surface area contributed by atoms with Gasteiger partial charge in [-0.1, -0.05) is 54.8 Å². The van der Waals surface area contributed by atoms with Crippen LogP contribution in [0.5, 0.6) is 0 Å². The van der Waals surface area contributed by atoms with Crippen molar-refractivity contribution in [2.75, 3.05) is 13.6 Å². The summed E-state index contributed by atoms with van der Waals surface area (Å²) in [6.07, 6.45) is 8.76. The Bertz CT molecular complexity index is 768. The van der Waals surface area contributed by atoms with Gasteiger partial charge in [0.05, 0.1) is 18.3 Å². The zero-order valence-corrected chi connectivity index (χ0v) is 19.3. The second kappa shape index (κ2) is 12.0. The first-order valence-corrected chi connectivity index (χ1v) is 11.7. The van der Waals surface area contributed by atoms with E-state index in [-0.39, 0.29) is 23.8 Å². The fourth-order valence-corrected chi connectivity index (χ4v) is 4.51. The van der Waals surface area contributed by atoms with Crippen molar-refractivity contribution in [2.45, 2.75) is 76.6 Å². The molecule has 3 rings (SSSR count). The van der Waals surface area contributed by atoms with Crippen molar-refractivity contribution >= 4 is 26.0 Å². The Hall–Kier alpha value is -2.35. The van der Waals surface area contributed by atoms with E-state index in [9.17, 15) is 9.59 Å². The first-order valence-electron chi connectivity index (χ1n) is 11.7. The molecule has 1 saturated carbocycles. The van der Waals surface area contributed by atoms with Crippen molar-refractivity contribution in [3.8, 4) is 0 Å². The zero-order chi connectivity index (χ0) is 22.9. The van der Waals surface area contributed by atoms with Crippen molar-refractivity contribution in [3.05, 3.63) is 35.9 Å². The number of hydrogen-bond donors (Lipinski definition) is 1. The molecule has 0 bridgehead atoms. The van der Waals surface area contributed by atoms with Gasteiger partial charge in [0, 0.05) is 6.54 Å². The predicted molar refractivity (Wildman–Crippen MR) is 126 cm³/mol. The van der Waals surface area contributed by atoms with Crippen LogP contribution in [-0.4, -0.2) is 67.4 Å². The number of carbonyl (C=O) groups excluding carboxylic acids is 2. The third-order valence-electron chi connectivity index (χ3n) is 6.64. The highest BCUT2D eigenvalue weighted by molar-refractivity contribution is 6.06. The van der Waals surface area contributed by atoms with Gasteiger partial charge in [-0.15, -0.1) is 0 Å². The lowest BCUT2D eigenvalue weighted by atomic mass is 9.83. The van der Waals surface area contributed by atoms with E-state index in [1.54, 1.807) is 20.2 Å². The number of nitrogens with zero attached hydrogens (tertiary/aromatic N) is 3. The van der Waals surface area contributed by atoms with Gasteiger partial charge in [-0.05, 0) is 51.1 Å². The molecule has 32 heavy (non-hydrogen) atoms. The SMILES string of the molecule is [B]N(C)[C@@H](C)C(=O)N[C@H](C(=O)N1CCCC1C=NOCc1ccccc1)C1CCCCC1. The number of nitrogens with one attached hydrogen (secondary N) is 1. The van der Waals surface area contributed by atoms with Crippen LogP contribution in [0.25, 0.3) is 0 Å². The molecule has 0 aromatic heterocycles. The highest BCUT2D eigenvalue weighted by atomic mass is 16.6. The summed E-state index contributed by atoms with van der Waals surface area (Å²) in [5, 5.41) is 7.16. The summed E-state index contributed by atoms with van der Waals surface area (Å²) in [5.74, 6) is -0.0772. The Kier molecular flexibility index (Phi) is 9.15. The van der Waals surface area contributed by atoms with Gasteiger partial charge in [-0.3, -0.25) is 9.59 Å². The van der Waals surface area contributed by atoms with Crippen molar-refractivity contribution in [1.82, 2.24) is 15.0 Å². The number of likely N-dealkylation sites (N-methyl/N-ethyl adjacent to an activating group) is 1. The lowest BCUT2D eigenvalue weighted by Gasteiger charge is -2.35. The average molecular weight is 438 g/mol. The maximum atomic E-state index is 13.6. The summed E-state index contributed by atoms with van der Waals surface area (Å²) in [6.45, 7) is 2.80. The molecule has 1 aromatic rings. The molecule has 2 aliphatic rings. The summed E-state index contributed by atoms with van der Waals surface area (Å²) >= 11 is 0. The molecule has 1 saturated heterocycles. The quantitative estimate of drug-likeness (QED) is 0.366. The van der Waals surface area contributed by atoms with Gasteiger partial charge in [-0.2, -0.15) is 0 Å². The third-order valence-corrected chi connectivity index (χ3v) is 6.64. The van der Waals surface area contributed by atoms with Crippen LogP contribution in [0.4, 0.5) is 0 Å². The Morgan fingerprint density at radius 2 is 1.94 bits per heavy atom. The van der Waals surface area contributed by atoms with Crippen LogP contribution in [0.15, 0.2) is 35.5 Å². The Morgan fingerprint density at radius 1 is 1.22 bits per heavy atom. The van der Waals surface area contributed by atoms with Gasteiger partial charge in [0.2, 0.25) is 11.8 Å². The van der Waals surface area contributed by atoms with E-state index in [0.717, 1.165) is 44.1 Å². The van der Waals surface area contributed by atoms with Crippen molar-refractivity contribution < 1.29 is 14.4 Å². The second-order valence-corrected chi connectivity index (χ2v) is 8.98. The highest BCUT2D eigenvalue weighted by Crippen LogP contribution is 2.29. The van der Waals surface area contributed by atoms with E-state index >= 15 is 0 Å². The van der Waals surface area contributed by atoms with Gasteiger partial charge in [-0.25, -0.2) is 0 Å². The average Bonchev–Trinajstić information content (AvgIpc) is 3.29. The molecular weight excluding hydrogens is 403 g/mol. The van der Waals surface area contributed by atoms with Gasteiger partial charge < -0.3 is 19.9 Å². The number of amides is 2. The Balaban J connectivity index is 1.65. The monoisotopic (exact) mass is 438 g/mol. The predicted octanol–water partition coefficient (Wildman–Crippen LogP) is 2.65. The summed E-state index contributed by atoms with van der Waals surface area (Å²) in [4.78, 5) is 35.0. The molecule has 0 spiro atoms. The normalized spacial score (nSPS) is 21.6. The van der Waals surface area contributed by atoms with Crippen LogP contribution in [0, 0.1) is 5.92 Å². The molecule has 2 fully saturated rings. The van der Waals surface area contributed by atoms with Crippen LogP contribution >= 0.6 is 0 Å². The van der Waals surface area contributed by atoms with Crippen molar-refractivity contribution in [3.63, 3.8) is 0 Å².